The molecule has 1 amide bonds. The third-order valence-corrected chi connectivity index (χ3v) is 4.25. The fourth-order valence-corrected chi connectivity index (χ4v) is 2.84. The van der Waals surface area contributed by atoms with Crippen LogP contribution in [0.1, 0.15) is 16.2 Å². The second-order valence-electron chi connectivity index (χ2n) is 6.31. The van der Waals surface area contributed by atoms with Crippen molar-refractivity contribution in [1.82, 2.24) is 14.9 Å². The van der Waals surface area contributed by atoms with E-state index in [-0.39, 0.29) is 11.7 Å². The van der Waals surface area contributed by atoms with Gasteiger partial charge in [0.2, 0.25) is 0 Å². The lowest BCUT2D eigenvalue weighted by atomic mass is 10.2. The van der Waals surface area contributed by atoms with Crippen molar-refractivity contribution in [3.05, 3.63) is 47.5 Å². The zero-order valence-electron chi connectivity index (χ0n) is 14.7. The van der Waals surface area contributed by atoms with Crippen molar-refractivity contribution in [2.24, 2.45) is 0 Å². The molecular weight excluding hydrogens is 321 g/mol. The predicted molar refractivity (Wildman–Crippen MR) is 95.6 cm³/mol. The van der Waals surface area contributed by atoms with Gasteiger partial charge in [0.05, 0.1) is 0 Å². The molecule has 2 aromatic rings. The normalized spacial score (nSPS) is 14.6. The van der Waals surface area contributed by atoms with Crippen LogP contribution in [0.25, 0.3) is 0 Å². The highest BCUT2D eigenvalue weighted by Crippen LogP contribution is 2.20. The minimum atomic E-state index is -0.336. The Kier molecular flexibility index (Phi) is 4.83. The zero-order valence-corrected chi connectivity index (χ0v) is 14.7. The lowest BCUT2D eigenvalue weighted by Gasteiger charge is -2.35. The van der Waals surface area contributed by atoms with Gasteiger partial charge in [-0.2, -0.15) is 0 Å². The predicted octanol–water partition coefficient (Wildman–Crippen LogP) is 1.95. The molecule has 0 saturated carbocycles. The van der Waals surface area contributed by atoms with E-state index in [1.807, 2.05) is 32.0 Å². The minimum Gasteiger partial charge on any atom is -0.363 e. The molecule has 1 saturated heterocycles. The quantitative estimate of drug-likeness (QED) is 0.853. The summed E-state index contributed by atoms with van der Waals surface area (Å²) in [7, 11) is 3.90. The van der Waals surface area contributed by atoms with Gasteiger partial charge >= 0.3 is 0 Å². The van der Waals surface area contributed by atoms with Crippen LogP contribution in [0.2, 0.25) is 0 Å². The summed E-state index contributed by atoms with van der Waals surface area (Å²) in [6.07, 6.45) is 0. The van der Waals surface area contributed by atoms with Crippen molar-refractivity contribution in [2.75, 3.05) is 50.1 Å². The molecule has 0 bridgehead atoms. The molecule has 0 atom stereocenters. The third-order valence-electron chi connectivity index (χ3n) is 4.25. The Labute approximate surface area is 146 Å². The Hall–Kier alpha value is -2.70. The van der Waals surface area contributed by atoms with Gasteiger partial charge in [0, 0.05) is 51.9 Å². The number of carbonyl (C=O) groups is 1. The number of piperazine rings is 1. The van der Waals surface area contributed by atoms with Crippen LogP contribution in [0, 0.1) is 12.7 Å². The SMILES string of the molecule is Cc1nc(N(C)C)cc(N2CCN(C(=O)c3ccc(F)cc3)CC2)n1. The average molecular weight is 343 g/mol. The first-order chi connectivity index (χ1) is 11.9. The molecule has 1 aliphatic rings. The molecule has 6 nitrogen and oxygen atoms in total. The van der Waals surface area contributed by atoms with E-state index in [1.165, 1.54) is 24.3 Å². The Morgan fingerprint density at radius 1 is 1.08 bits per heavy atom. The largest absolute Gasteiger partial charge is 0.363 e. The summed E-state index contributed by atoms with van der Waals surface area (Å²) < 4.78 is 13.0. The van der Waals surface area contributed by atoms with Crippen LogP contribution in [0.4, 0.5) is 16.0 Å². The lowest BCUT2D eigenvalue weighted by molar-refractivity contribution is 0.0746. The summed E-state index contributed by atoms with van der Waals surface area (Å²) in [6, 6.07) is 7.65. The number of anilines is 2. The van der Waals surface area contributed by atoms with Crippen LogP contribution < -0.4 is 9.80 Å². The second-order valence-corrected chi connectivity index (χ2v) is 6.31. The maximum atomic E-state index is 13.0. The fourth-order valence-electron chi connectivity index (χ4n) is 2.84. The Morgan fingerprint density at radius 2 is 1.72 bits per heavy atom. The van der Waals surface area contributed by atoms with Crippen LogP contribution in [-0.4, -0.2) is 61.0 Å². The molecule has 3 rings (SSSR count). The van der Waals surface area contributed by atoms with Crippen molar-refractivity contribution in [3.8, 4) is 0 Å². The van der Waals surface area contributed by atoms with E-state index in [0.29, 0.717) is 31.7 Å². The number of aryl methyl sites for hydroxylation is 1. The van der Waals surface area contributed by atoms with E-state index in [2.05, 4.69) is 14.9 Å². The molecular formula is C18H22FN5O. The molecule has 0 unspecified atom stereocenters. The Balaban J connectivity index is 1.67. The van der Waals surface area contributed by atoms with Gasteiger partial charge in [0.1, 0.15) is 23.3 Å². The molecule has 1 aliphatic heterocycles. The summed E-state index contributed by atoms with van der Waals surface area (Å²) in [5.41, 5.74) is 0.516. The van der Waals surface area contributed by atoms with E-state index in [1.54, 1.807) is 4.90 Å². The van der Waals surface area contributed by atoms with E-state index in [0.717, 1.165) is 17.5 Å². The Morgan fingerprint density at radius 3 is 2.32 bits per heavy atom. The fraction of sp³-hybridized carbons (Fsp3) is 0.389. The summed E-state index contributed by atoms with van der Waals surface area (Å²) >= 11 is 0. The highest BCUT2D eigenvalue weighted by atomic mass is 19.1. The molecule has 0 spiro atoms. The van der Waals surface area contributed by atoms with Gasteiger partial charge in [0.25, 0.3) is 5.91 Å². The maximum Gasteiger partial charge on any atom is 0.253 e. The first-order valence-corrected chi connectivity index (χ1v) is 8.27. The number of nitrogens with zero attached hydrogens (tertiary/aromatic N) is 5. The number of hydrogen-bond acceptors (Lipinski definition) is 5. The van der Waals surface area contributed by atoms with E-state index >= 15 is 0 Å². The van der Waals surface area contributed by atoms with Gasteiger partial charge < -0.3 is 14.7 Å². The number of hydrogen-bond donors (Lipinski definition) is 0. The summed E-state index contributed by atoms with van der Waals surface area (Å²) in [5.74, 6) is 2.08. The molecule has 132 valence electrons. The van der Waals surface area contributed by atoms with Gasteiger partial charge in [-0.25, -0.2) is 14.4 Å². The molecule has 0 N–H and O–H groups in total. The molecule has 25 heavy (non-hydrogen) atoms. The minimum absolute atomic E-state index is 0.0625. The van der Waals surface area contributed by atoms with Crippen LogP contribution in [0.3, 0.4) is 0 Å². The standard InChI is InChI=1S/C18H22FN5O/c1-13-20-16(22(2)3)12-17(21-13)23-8-10-24(11-9-23)18(25)14-4-6-15(19)7-5-14/h4-7,12H,8-11H2,1-3H3. The van der Waals surface area contributed by atoms with Crippen LogP contribution in [-0.2, 0) is 0 Å². The topological polar surface area (TPSA) is 52.6 Å². The number of aromatic nitrogens is 2. The van der Waals surface area contributed by atoms with Gasteiger partial charge in [-0.05, 0) is 31.2 Å². The van der Waals surface area contributed by atoms with Crippen LogP contribution >= 0.6 is 0 Å². The molecule has 1 aromatic carbocycles. The van der Waals surface area contributed by atoms with E-state index in [9.17, 15) is 9.18 Å². The molecule has 7 heteroatoms. The van der Waals surface area contributed by atoms with Crippen molar-refractivity contribution < 1.29 is 9.18 Å². The molecule has 0 aliphatic carbocycles. The number of carbonyl (C=O) groups excluding carboxylic acids is 1. The van der Waals surface area contributed by atoms with Gasteiger partial charge in [0.15, 0.2) is 0 Å². The number of amides is 1. The van der Waals surface area contributed by atoms with Gasteiger partial charge in [-0.1, -0.05) is 0 Å². The Bertz CT molecular complexity index is 755. The number of rotatable bonds is 3. The number of benzene rings is 1. The highest BCUT2D eigenvalue weighted by Gasteiger charge is 2.23. The summed E-state index contributed by atoms with van der Waals surface area (Å²) in [4.78, 5) is 27.3. The van der Waals surface area contributed by atoms with Crippen molar-refractivity contribution in [1.29, 1.82) is 0 Å². The van der Waals surface area contributed by atoms with Crippen LogP contribution in [0.5, 0.6) is 0 Å². The van der Waals surface area contributed by atoms with Crippen molar-refractivity contribution in [3.63, 3.8) is 0 Å². The first-order valence-electron chi connectivity index (χ1n) is 8.27. The van der Waals surface area contributed by atoms with Crippen molar-refractivity contribution >= 4 is 17.5 Å². The average Bonchev–Trinajstić information content (AvgIpc) is 2.61. The summed E-state index contributed by atoms with van der Waals surface area (Å²) in [5, 5.41) is 0. The van der Waals surface area contributed by atoms with Gasteiger partial charge in [-0.15, -0.1) is 0 Å². The zero-order chi connectivity index (χ0) is 18.0. The van der Waals surface area contributed by atoms with Crippen LogP contribution in [0.15, 0.2) is 30.3 Å². The maximum absolute atomic E-state index is 13.0. The van der Waals surface area contributed by atoms with Gasteiger partial charge in [-0.3, -0.25) is 4.79 Å². The first kappa shape index (κ1) is 17.1. The smallest absolute Gasteiger partial charge is 0.253 e. The van der Waals surface area contributed by atoms with Crippen molar-refractivity contribution in [2.45, 2.75) is 6.92 Å². The molecule has 1 fully saturated rings. The molecule has 0 radical (unpaired) electrons. The van der Waals surface area contributed by atoms with E-state index < -0.39 is 0 Å². The summed E-state index contributed by atoms with van der Waals surface area (Å²) in [6.45, 7) is 4.50. The highest BCUT2D eigenvalue weighted by molar-refractivity contribution is 5.94. The second kappa shape index (κ2) is 7.04. The number of halogens is 1. The third kappa shape index (κ3) is 3.87. The molecule has 1 aromatic heterocycles. The molecule has 2 heterocycles. The lowest BCUT2D eigenvalue weighted by Crippen LogP contribution is -2.49. The monoisotopic (exact) mass is 343 g/mol. The van der Waals surface area contributed by atoms with E-state index in [4.69, 9.17) is 0 Å².